The summed E-state index contributed by atoms with van der Waals surface area (Å²) in [5, 5.41) is 11.0. The Hall–Kier alpha value is -4.80. The van der Waals surface area contributed by atoms with E-state index in [1.807, 2.05) is 32.9 Å². The van der Waals surface area contributed by atoms with Crippen molar-refractivity contribution < 1.29 is 23.1 Å². The third-order valence-corrected chi connectivity index (χ3v) is 7.31. The van der Waals surface area contributed by atoms with Crippen LogP contribution in [0.5, 0.6) is 5.75 Å². The first kappa shape index (κ1) is 25.5. The van der Waals surface area contributed by atoms with E-state index in [9.17, 15) is 18.4 Å². The van der Waals surface area contributed by atoms with Gasteiger partial charge in [-0.25, -0.2) is 4.98 Å². The Labute approximate surface area is 227 Å². The van der Waals surface area contributed by atoms with Crippen LogP contribution in [-0.4, -0.2) is 45.1 Å². The number of nitrogens with zero attached hydrogens (tertiary/aromatic N) is 3. The Morgan fingerprint density at radius 1 is 1.10 bits per heavy atom. The zero-order chi connectivity index (χ0) is 28.2. The van der Waals surface area contributed by atoms with Gasteiger partial charge in [-0.05, 0) is 74.4 Å². The summed E-state index contributed by atoms with van der Waals surface area (Å²) in [6, 6.07) is 15.2. The summed E-state index contributed by atoms with van der Waals surface area (Å²) in [5.41, 5.74) is 5.17. The molecule has 0 fully saturated rings. The van der Waals surface area contributed by atoms with Crippen LogP contribution in [0.2, 0.25) is 0 Å². The van der Waals surface area contributed by atoms with Crippen molar-refractivity contribution in [2.24, 2.45) is 0 Å². The average molecular weight is 545 g/mol. The molecule has 9 nitrogen and oxygen atoms in total. The van der Waals surface area contributed by atoms with E-state index in [4.69, 9.17) is 4.98 Å². The van der Waals surface area contributed by atoms with Crippen LogP contribution in [0, 0.1) is 0 Å². The predicted octanol–water partition coefficient (Wildman–Crippen LogP) is 5.28. The Morgan fingerprint density at radius 3 is 2.60 bits per heavy atom. The lowest BCUT2D eigenvalue weighted by Gasteiger charge is -2.18. The lowest BCUT2D eigenvalue weighted by molar-refractivity contribution is -0.122. The highest BCUT2D eigenvalue weighted by atomic mass is 19.3. The summed E-state index contributed by atoms with van der Waals surface area (Å²) < 4.78 is 29.1. The lowest BCUT2D eigenvalue weighted by Crippen LogP contribution is -2.35. The molecule has 5 aromatic rings. The smallest absolute Gasteiger partial charge is 0.387 e. The molecule has 0 aliphatic carbocycles. The van der Waals surface area contributed by atoms with Gasteiger partial charge < -0.3 is 19.9 Å². The molecule has 2 amide bonds. The number of halogens is 2. The van der Waals surface area contributed by atoms with Crippen molar-refractivity contribution >= 4 is 39.4 Å². The van der Waals surface area contributed by atoms with E-state index in [-0.39, 0.29) is 24.1 Å². The number of benzene rings is 3. The second-order valence-electron chi connectivity index (χ2n) is 10.2. The largest absolute Gasteiger partial charge is 0.435 e. The van der Waals surface area contributed by atoms with Gasteiger partial charge in [0.25, 0.3) is 5.91 Å². The fourth-order valence-corrected chi connectivity index (χ4v) is 5.17. The van der Waals surface area contributed by atoms with Gasteiger partial charge in [-0.2, -0.15) is 13.9 Å². The highest BCUT2D eigenvalue weighted by Gasteiger charge is 2.43. The Balaban J connectivity index is 1.26. The highest BCUT2D eigenvalue weighted by molar-refractivity contribution is 6.09. The molecule has 3 N–H and O–H groups in total. The Morgan fingerprint density at radius 2 is 1.88 bits per heavy atom. The molecule has 204 valence electrons. The first-order chi connectivity index (χ1) is 19.2. The number of imidazole rings is 1. The number of hydrogen-bond donors (Lipinski definition) is 3. The fourth-order valence-electron chi connectivity index (χ4n) is 5.17. The number of rotatable bonds is 7. The first-order valence-corrected chi connectivity index (χ1v) is 12.8. The SMILES string of the molecule is CCN1C(=O)C(C)(C)c2cc3[nH]c(-c4n[nH]c5ccc(C(=O)NCc6ccc(OC(F)F)cc6)cc45)nc3cc21. The molecule has 1 aliphatic heterocycles. The van der Waals surface area contributed by atoms with Crippen molar-refractivity contribution in [1.29, 1.82) is 0 Å². The number of ether oxygens (including phenoxy) is 1. The van der Waals surface area contributed by atoms with Crippen molar-refractivity contribution in [3.63, 3.8) is 0 Å². The number of H-pyrrole nitrogens is 2. The second kappa shape index (κ2) is 9.44. The predicted molar refractivity (Wildman–Crippen MR) is 146 cm³/mol. The Bertz CT molecular complexity index is 1770. The molecule has 0 radical (unpaired) electrons. The number of aromatic nitrogens is 4. The van der Waals surface area contributed by atoms with E-state index in [0.29, 0.717) is 29.1 Å². The van der Waals surface area contributed by atoms with E-state index < -0.39 is 12.0 Å². The number of nitrogens with one attached hydrogen (secondary N) is 3. The molecular formula is C29H26F2N6O3. The van der Waals surface area contributed by atoms with Gasteiger partial charge in [-0.1, -0.05) is 12.1 Å². The number of hydrogen-bond acceptors (Lipinski definition) is 5. The molecule has 0 spiro atoms. The van der Waals surface area contributed by atoms with Crippen molar-refractivity contribution in [2.45, 2.75) is 39.3 Å². The number of amides is 2. The summed E-state index contributed by atoms with van der Waals surface area (Å²) in [7, 11) is 0. The molecule has 1 aliphatic rings. The molecule has 11 heteroatoms. The number of carbonyl (C=O) groups is 2. The number of carbonyl (C=O) groups excluding carboxylic acids is 2. The quantitative estimate of drug-likeness (QED) is 0.258. The van der Waals surface area contributed by atoms with Crippen LogP contribution in [-0.2, 0) is 16.8 Å². The molecule has 40 heavy (non-hydrogen) atoms. The third kappa shape index (κ3) is 4.23. The summed E-state index contributed by atoms with van der Waals surface area (Å²) >= 11 is 0. The summed E-state index contributed by atoms with van der Waals surface area (Å²) in [4.78, 5) is 35.7. The zero-order valence-electron chi connectivity index (χ0n) is 22.0. The monoisotopic (exact) mass is 544 g/mol. The maximum absolute atomic E-state index is 12.9. The summed E-state index contributed by atoms with van der Waals surface area (Å²) in [6.07, 6.45) is 0. The molecule has 0 saturated heterocycles. The van der Waals surface area contributed by atoms with Gasteiger partial charge in [-0.3, -0.25) is 14.7 Å². The van der Waals surface area contributed by atoms with Gasteiger partial charge in [0.05, 0.1) is 27.7 Å². The molecule has 6 rings (SSSR count). The maximum atomic E-state index is 12.9. The molecule has 3 aromatic carbocycles. The second-order valence-corrected chi connectivity index (χ2v) is 10.2. The van der Waals surface area contributed by atoms with Gasteiger partial charge >= 0.3 is 6.61 Å². The minimum absolute atomic E-state index is 0.0538. The average Bonchev–Trinajstić information content (AvgIpc) is 3.59. The molecule has 0 bridgehead atoms. The van der Waals surface area contributed by atoms with E-state index in [2.05, 4.69) is 25.2 Å². The number of fused-ring (bicyclic) bond motifs is 3. The van der Waals surface area contributed by atoms with Gasteiger partial charge in [0.15, 0.2) is 5.82 Å². The highest BCUT2D eigenvalue weighted by Crippen LogP contribution is 2.43. The van der Waals surface area contributed by atoms with E-state index >= 15 is 0 Å². The minimum atomic E-state index is -2.89. The van der Waals surface area contributed by atoms with Crippen LogP contribution >= 0.6 is 0 Å². The van der Waals surface area contributed by atoms with Gasteiger partial charge in [0.2, 0.25) is 5.91 Å². The maximum Gasteiger partial charge on any atom is 0.387 e. The van der Waals surface area contributed by atoms with Crippen molar-refractivity contribution in [1.82, 2.24) is 25.5 Å². The fraction of sp³-hybridized carbons (Fsp3) is 0.241. The van der Waals surface area contributed by atoms with Crippen molar-refractivity contribution in [3.8, 4) is 17.3 Å². The van der Waals surface area contributed by atoms with Crippen LogP contribution < -0.4 is 15.0 Å². The summed E-state index contributed by atoms with van der Waals surface area (Å²) in [5.74, 6) is 0.369. The number of aromatic amines is 2. The minimum Gasteiger partial charge on any atom is -0.435 e. The van der Waals surface area contributed by atoms with Crippen molar-refractivity contribution in [3.05, 3.63) is 71.3 Å². The number of anilines is 1. The number of likely N-dealkylation sites (N-methyl/N-ethyl adjacent to an activating group) is 1. The first-order valence-electron chi connectivity index (χ1n) is 12.8. The van der Waals surface area contributed by atoms with Crippen LogP contribution in [0.15, 0.2) is 54.6 Å². The summed E-state index contributed by atoms with van der Waals surface area (Å²) in [6.45, 7) is 3.71. The molecule has 2 aromatic heterocycles. The lowest BCUT2D eigenvalue weighted by atomic mass is 9.86. The van der Waals surface area contributed by atoms with Crippen molar-refractivity contribution in [2.75, 3.05) is 11.4 Å². The molecule has 0 saturated carbocycles. The normalized spacial score (nSPS) is 14.3. The van der Waals surface area contributed by atoms with Crippen LogP contribution in [0.25, 0.3) is 33.5 Å². The van der Waals surface area contributed by atoms with Crippen LogP contribution in [0.1, 0.15) is 42.3 Å². The number of alkyl halides is 2. The van der Waals surface area contributed by atoms with E-state index in [1.54, 1.807) is 35.2 Å². The molecule has 0 unspecified atom stereocenters. The zero-order valence-corrected chi connectivity index (χ0v) is 22.0. The van der Waals surface area contributed by atoms with E-state index in [1.165, 1.54) is 12.1 Å². The van der Waals surface area contributed by atoms with Gasteiger partial charge in [0.1, 0.15) is 11.4 Å². The Kier molecular flexibility index (Phi) is 6.01. The van der Waals surface area contributed by atoms with Crippen LogP contribution in [0.4, 0.5) is 14.5 Å². The van der Waals surface area contributed by atoms with Gasteiger partial charge in [-0.15, -0.1) is 0 Å². The standard InChI is InChI=1S/C29H26F2N6O3/c1-4-37-23-13-22-21(12-19(23)29(2,3)27(37)39)33-25(34-22)24-18-11-16(7-10-20(18)35-36-24)26(38)32-14-15-5-8-17(9-6-15)40-28(30)31/h5-13,28H,4,14H2,1-3H3,(H,32,38)(H,33,34)(H,35,36). The molecule has 0 atom stereocenters. The topological polar surface area (TPSA) is 116 Å². The van der Waals surface area contributed by atoms with Crippen LogP contribution in [0.3, 0.4) is 0 Å². The van der Waals surface area contributed by atoms with Gasteiger partial charge in [0, 0.05) is 24.0 Å². The van der Waals surface area contributed by atoms with E-state index in [0.717, 1.165) is 33.2 Å². The third-order valence-electron chi connectivity index (χ3n) is 7.31. The molecular weight excluding hydrogens is 518 g/mol. The molecule has 3 heterocycles.